The molecule has 0 spiro atoms. The molecule has 0 radical (unpaired) electrons. The highest BCUT2D eigenvalue weighted by molar-refractivity contribution is 6.30. The number of fused-ring (bicyclic) bond motifs is 1. The van der Waals surface area contributed by atoms with Crippen molar-refractivity contribution >= 4 is 39.9 Å². The summed E-state index contributed by atoms with van der Waals surface area (Å²) in [6, 6.07) is 14.9. The van der Waals surface area contributed by atoms with Gasteiger partial charge in [-0.25, -0.2) is 15.0 Å². The van der Waals surface area contributed by atoms with Crippen LogP contribution in [0.2, 0.25) is 5.15 Å². The van der Waals surface area contributed by atoms with Crippen LogP contribution in [0.15, 0.2) is 61.1 Å². The van der Waals surface area contributed by atoms with Gasteiger partial charge in [-0.3, -0.25) is 4.79 Å². The lowest BCUT2D eigenvalue weighted by atomic mass is 10.1. The molecule has 176 valence electrons. The average molecular weight is 488 g/mol. The molecule has 2 aromatic carbocycles. The molecule has 0 atom stereocenters. The number of pyridine rings is 1. The number of rotatable bonds is 7. The smallest absolute Gasteiger partial charge is 0.246 e. The Labute approximate surface area is 207 Å². The molecule has 0 aliphatic carbocycles. The van der Waals surface area contributed by atoms with Crippen molar-refractivity contribution in [2.45, 2.75) is 6.92 Å². The van der Waals surface area contributed by atoms with Crippen molar-refractivity contribution in [3.8, 4) is 23.3 Å². The third kappa shape index (κ3) is 6.23. The summed E-state index contributed by atoms with van der Waals surface area (Å²) in [7, 11) is 1.47. The van der Waals surface area contributed by atoms with Crippen LogP contribution in [0.1, 0.15) is 11.1 Å². The zero-order valence-electron chi connectivity index (χ0n) is 19.1. The first kappa shape index (κ1) is 24.0. The highest BCUT2D eigenvalue weighted by Crippen LogP contribution is 2.32. The van der Waals surface area contributed by atoms with Crippen molar-refractivity contribution in [1.29, 1.82) is 0 Å². The van der Waals surface area contributed by atoms with E-state index >= 15 is 0 Å². The van der Waals surface area contributed by atoms with Crippen LogP contribution in [-0.4, -0.2) is 41.1 Å². The molecule has 1 amide bonds. The van der Waals surface area contributed by atoms with Gasteiger partial charge < -0.3 is 20.1 Å². The van der Waals surface area contributed by atoms with E-state index in [0.29, 0.717) is 22.5 Å². The molecular weight excluding hydrogens is 466 g/mol. The quantitative estimate of drug-likeness (QED) is 0.289. The standard InChI is InChI=1S/C26H22ClN5O3/c1-17-13-19(8-10-22(17)35-23-6-4-12-29-25(23)27)32-26-20-14-18(7-9-21(20)30-16-31-26)5-3-11-28-24(33)15-34-2/h4,6-10,12-14,16H,11,15H2,1-2H3,(H,28,33)(H,30,31,32). The first-order valence-corrected chi connectivity index (χ1v) is 11.1. The Bertz CT molecular complexity index is 1430. The summed E-state index contributed by atoms with van der Waals surface area (Å²) < 4.78 is 10.7. The van der Waals surface area contributed by atoms with Crippen LogP contribution in [0.25, 0.3) is 10.9 Å². The molecule has 0 unspecified atom stereocenters. The molecule has 2 heterocycles. The average Bonchev–Trinajstić information content (AvgIpc) is 2.85. The van der Waals surface area contributed by atoms with Crippen LogP contribution in [0.3, 0.4) is 0 Å². The van der Waals surface area contributed by atoms with Crippen LogP contribution in [0.5, 0.6) is 11.5 Å². The highest BCUT2D eigenvalue weighted by Gasteiger charge is 2.09. The minimum atomic E-state index is -0.213. The Kier molecular flexibility index (Phi) is 7.73. The number of nitrogens with zero attached hydrogens (tertiary/aromatic N) is 3. The summed E-state index contributed by atoms with van der Waals surface area (Å²) in [5.41, 5.74) is 3.31. The zero-order chi connectivity index (χ0) is 24.6. The number of aromatic nitrogens is 3. The van der Waals surface area contributed by atoms with Gasteiger partial charge in [0.25, 0.3) is 0 Å². The summed E-state index contributed by atoms with van der Waals surface area (Å²) in [6.45, 7) is 2.18. The number of nitrogens with one attached hydrogen (secondary N) is 2. The van der Waals surface area contributed by atoms with E-state index in [2.05, 4.69) is 37.4 Å². The van der Waals surface area contributed by atoms with Crippen molar-refractivity contribution in [3.05, 3.63) is 77.3 Å². The molecule has 0 saturated heterocycles. The fraction of sp³-hybridized carbons (Fsp3) is 0.154. The molecular formula is C26H22ClN5O3. The highest BCUT2D eigenvalue weighted by atomic mass is 35.5. The van der Waals surface area contributed by atoms with Crippen LogP contribution in [0.4, 0.5) is 11.5 Å². The van der Waals surface area contributed by atoms with Gasteiger partial charge in [-0.15, -0.1) is 0 Å². The van der Waals surface area contributed by atoms with E-state index < -0.39 is 0 Å². The molecule has 0 aliphatic rings. The lowest BCUT2D eigenvalue weighted by molar-refractivity contribution is -0.124. The van der Waals surface area contributed by atoms with E-state index in [1.165, 1.54) is 13.4 Å². The topological polar surface area (TPSA) is 98.3 Å². The number of ether oxygens (including phenoxy) is 2. The number of hydrogen-bond donors (Lipinski definition) is 2. The molecule has 2 N–H and O–H groups in total. The van der Waals surface area contributed by atoms with Gasteiger partial charge >= 0.3 is 0 Å². The summed E-state index contributed by atoms with van der Waals surface area (Å²) in [5.74, 6) is 7.59. The molecule has 8 nitrogen and oxygen atoms in total. The van der Waals surface area contributed by atoms with Gasteiger partial charge in [0.2, 0.25) is 5.91 Å². The van der Waals surface area contributed by atoms with E-state index in [1.807, 2.05) is 43.3 Å². The van der Waals surface area contributed by atoms with Gasteiger partial charge in [0.05, 0.1) is 12.1 Å². The Morgan fingerprint density at radius 2 is 1.97 bits per heavy atom. The van der Waals surface area contributed by atoms with Gasteiger partial charge in [0, 0.05) is 29.9 Å². The number of carbonyl (C=O) groups is 1. The lowest BCUT2D eigenvalue weighted by Crippen LogP contribution is -2.27. The largest absolute Gasteiger partial charge is 0.454 e. The van der Waals surface area contributed by atoms with Gasteiger partial charge in [-0.1, -0.05) is 23.4 Å². The summed E-state index contributed by atoms with van der Waals surface area (Å²) >= 11 is 6.10. The Morgan fingerprint density at radius 1 is 1.09 bits per heavy atom. The van der Waals surface area contributed by atoms with E-state index in [9.17, 15) is 4.79 Å². The molecule has 0 saturated carbocycles. The Morgan fingerprint density at radius 3 is 2.77 bits per heavy atom. The van der Waals surface area contributed by atoms with Gasteiger partial charge in [0.1, 0.15) is 24.5 Å². The first-order chi connectivity index (χ1) is 17.0. The number of hydrogen-bond acceptors (Lipinski definition) is 7. The summed E-state index contributed by atoms with van der Waals surface area (Å²) in [4.78, 5) is 24.2. The molecule has 4 rings (SSSR count). The molecule has 4 aromatic rings. The monoisotopic (exact) mass is 487 g/mol. The minimum Gasteiger partial charge on any atom is -0.454 e. The number of aryl methyl sites for hydroxylation is 1. The fourth-order valence-corrected chi connectivity index (χ4v) is 3.41. The van der Waals surface area contributed by atoms with Crippen LogP contribution in [-0.2, 0) is 9.53 Å². The maximum absolute atomic E-state index is 11.5. The first-order valence-electron chi connectivity index (χ1n) is 10.7. The van der Waals surface area contributed by atoms with Gasteiger partial charge in [-0.05, 0) is 61.0 Å². The SMILES string of the molecule is COCC(=O)NCC#Cc1ccc2ncnc(Nc3ccc(Oc4cccnc4Cl)c(C)c3)c2c1. The van der Waals surface area contributed by atoms with E-state index in [-0.39, 0.29) is 19.1 Å². The van der Waals surface area contributed by atoms with Gasteiger partial charge in [-0.2, -0.15) is 0 Å². The third-order valence-corrected chi connectivity index (χ3v) is 5.18. The third-order valence-electron chi connectivity index (χ3n) is 4.90. The van der Waals surface area contributed by atoms with Crippen molar-refractivity contribution in [3.63, 3.8) is 0 Å². The van der Waals surface area contributed by atoms with E-state index in [0.717, 1.165) is 27.7 Å². The molecule has 0 bridgehead atoms. The number of carbonyl (C=O) groups excluding carboxylic acids is 1. The zero-order valence-corrected chi connectivity index (χ0v) is 19.9. The lowest BCUT2D eigenvalue weighted by Gasteiger charge is -2.13. The minimum absolute atomic E-state index is 0.00775. The predicted molar refractivity (Wildman–Crippen MR) is 135 cm³/mol. The van der Waals surface area contributed by atoms with Gasteiger partial charge in [0.15, 0.2) is 10.9 Å². The van der Waals surface area contributed by atoms with Crippen LogP contribution in [0, 0.1) is 18.8 Å². The second-order valence-electron chi connectivity index (χ2n) is 7.47. The summed E-state index contributed by atoms with van der Waals surface area (Å²) in [5, 5.41) is 7.14. The predicted octanol–water partition coefficient (Wildman–Crippen LogP) is 4.64. The number of amides is 1. The molecule has 35 heavy (non-hydrogen) atoms. The Hall–Kier alpha value is -4.19. The maximum atomic E-state index is 11.5. The second kappa shape index (κ2) is 11.3. The number of benzene rings is 2. The normalized spacial score (nSPS) is 10.4. The Balaban J connectivity index is 1.52. The molecule has 0 fully saturated rings. The summed E-state index contributed by atoms with van der Waals surface area (Å²) in [6.07, 6.45) is 3.12. The number of anilines is 2. The molecule has 2 aromatic heterocycles. The second-order valence-corrected chi connectivity index (χ2v) is 7.82. The molecule has 9 heteroatoms. The van der Waals surface area contributed by atoms with Crippen molar-refractivity contribution in [2.75, 3.05) is 25.6 Å². The number of methoxy groups -OCH3 is 1. The van der Waals surface area contributed by atoms with E-state index in [1.54, 1.807) is 18.3 Å². The van der Waals surface area contributed by atoms with Crippen LogP contribution >= 0.6 is 11.6 Å². The maximum Gasteiger partial charge on any atom is 0.246 e. The van der Waals surface area contributed by atoms with Crippen molar-refractivity contribution < 1.29 is 14.3 Å². The number of halogens is 1. The fourth-order valence-electron chi connectivity index (χ4n) is 3.25. The van der Waals surface area contributed by atoms with E-state index in [4.69, 9.17) is 21.1 Å². The van der Waals surface area contributed by atoms with Crippen molar-refractivity contribution in [2.24, 2.45) is 0 Å². The molecule has 0 aliphatic heterocycles. The van der Waals surface area contributed by atoms with Crippen LogP contribution < -0.4 is 15.4 Å². The van der Waals surface area contributed by atoms with Crippen molar-refractivity contribution in [1.82, 2.24) is 20.3 Å².